The average molecular weight is 383 g/mol. The van der Waals surface area contributed by atoms with Gasteiger partial charge in [-0.2, -0.15) is 0 Å². The summed E-state index contributed by atoms with van der Waals surface area (Å²) in [6.45, 7) is 5.22. The zero-order valence-corrected chi connectivity index (χ0v) is 16.0. The van der Waals surface area contributed by atoms with Crippen LogP contribution in [0.4, 0.5) is 14.9 Å². The normalized spacial score (nSPS) is 19.1. The Morgan fingerprint density at radius 2 is 1.86 bits per heavy atom. The number of nitrogens with one attached hydrogen (secondary N) is 2. The standard InChI is InChI=1S/C21H22FN3O3/c1-13(2)14-5-4-6-17(11-14)23-18(26)12-25-19(27)21(3,24-20(25)28)15-7-9-16(22)10-8-15/h4-11,13H,12H2,1-3H3,(H,23,26)(H,24,28). The van der Waals surface area contributed by atoms with Crippen LogP contribution in [0.5, 0.6) is 0 Å². The maximum Gasteiger partial charge on any atom is 0.325 e. The summed E-state index contributed by atoms with van der Waals surface area (Å²) in [4.78, 5) is 38.4. The second-order valence-electron chi connectivity index (χ2n) is 7.28. The molecule has 6 nitrogen and oxygen atoms in total. The van der Waals surface area contributed by atoms with Gasteiger partial charge < -0.3 is 10.6 Å². The van der Waals surface area contributed by atoms with E-state index >= 15 is 0 Å². The van der Waals surface area contributed by atoms with Gasteiger partial charge in [-0.05, 0) is 48.2 Å². The van der Waals surface area contributed by atoms with Gasteiger partial charge in [0, 0.05) is 5.69 Å². The largest absolute Gasteiger partial charge is 0.325 e. The Hall–Kier alpha value is -3.22. The van der Waals surface area contributed by atoms with E-state index in [2.05, 4.69) is 10.6 Å². The van der Waals surface area contributed by atoms with E-state index in [1.165, 1.54) is 31.2 Å². The van der Waals surface area contributed by atoms with Crippen LogP contribution in [-0.2, 0) is 15.1 Å². The topological polar surface area (TPSA) is 78.5 Å². The van der Waals surface area contributed by atoms with E-state index in [9.17, 15) is 18.8 Å². The third kappa shape index (κ3) is 3.74. The predicted molar refractivity (Wildman–Crippen MR) is 103 cm³/mol. The molecule has 1 aliphatic rings. The molecule has 1 saturated heterocycles. The molecule has 1 aliphatic heterocycles. The van der Waals surface area contributed by atoms with E-state index in [-0.39, 0.29) is 0 Å². The van der Waals surface area contributed by atoms with E-state index in [0.29, 0.717) is 17.2 Å². The van der Waals surface area contributed by atoms with Crippen LogP contribution >= 0.6 is 0 Å². The number of nitrogens with zero attached hydrogens (tertiary/aromatic N) is 1. The SMILES string of the molecule is CC(C)c1cccc(NC(=O)CN2C(=O)NC(C)(c3ccc(F)cc3)C2=O)c1. The summed E-state index contributed by atoms with van der Waals surface area (Å²) in [7, 11) is 0. The van der Waals surface area contributed by atoms with Crippen molar-refractivity contribution in [2.24, 2.45) is 0 Å². The van der Waals surface area contributed by atoms with Crippen molar-refractivity contribution in [2.45, 2.75) is 32.2 Å². The van der Waals surface area contributed by atoms with Crippen molar-refractivity contribution in [1.82, 2.24) is 10.2 Å². The van der Waals surface area contributed by atoms with Gasteiger partial charge in [0.2, 0.25) is 5.91 Å². The highest BCUT2D eigenvalue weighted by Gasteiger charge is 2.49. The molecular weight excluding hydrogens is 361 g/mol. The van der Waals surface area contributed by atoms with Crippen LogP contribution in [0.1, 0.15) is 37.8 Å². The molecule has 0 saturated carbocycles. The Morgan fingerprint density at radius 3 is 2.50 bits per heavy atom. The second-order valence-corrected chi connectivity index (χ2v) is 7.28. The second kappa shape index (κ2) is 7.42. The van der Waals surface area contributed by atoms with E-state index < -0.39 is 35.7 Å². The zero-order chi connectivity index (χ0) is 20.5. The lowest BCUT2D eigenvalue weighted by molar-refractivity contribution is -0.133. The molecule has 2 aromatic carbocycles. The molecule has 2 N–H and O–H groups in total. The first-order chi connectivity index (χ1) is 13.2. The van der Waals surface area contributed by atoms with Crippen molar-refractivity contribution in [3.8, 4) is 0 Å². The number of hydrogen-bond acceptors (Lipinski definition) is 3. The third-order valence-electron chi connectivity index (χ3n) is 4.84. The summed E-state index contributed by atoms with van der Waals surface area (Å²) in [6, 6.07) is 12.1. The molecule has 1 fully saturated rings. The van der Waals surface area contributed by atoms with Gasteiger partial charge in [-0.3, -0.25) is 14.5 Å². The fourth-order valence-corrected chi connectivity index (χ4v) is 3.14. The van der Waals surface area contributed by atoms with E-state index in [0.717, 1.165) is 10.5 Å². The molecule has 0 aromatic heterocycles. The summed E-state index contributed by atoms with van der Waals surface area (Å²) in [6.07, 6.45) is 0. The van der Waals surface area contributed by atoms with E-state index in [1.807, 2.05) is 32.0 Å². The van der Waals surface area contributed by atoms with Gasteiger partial charge in [-0.25, -0.2) is 9.18 Å². The molecule has 0 spiro atoms. The van der Waals surface area contributed by atoms with E-state index in [1.54, 1.807) is 6.07 Å². The maximum absolute atomic E-state index is 13.2. The van der Waals surface area contributed by atoms with Crippen molar-refractivity contribution < 1.29 is 18.8 Å². The molecule has 2 aromatic rings. The molecule has 1 heterocycles. The Morgan fingerprint density at radius 1 is 1.18 bits per heavy atom. The molecule has 1 atom stereocenters. The Bertz CT molecular complexity index is 927. The number of halogens is 1. The summed E-state index contributed by atoms with van der Waals surface area (Å²) in [5, 5.41) is 5.31. The van der Waals surface area contributed by atoms with Crippen LogP contribution in [0, 0.1) is 5.82 Å². The molecular formula is C21H22FN3O3. The van der Waals surface area contributed by atoms with Crippen molar-refractivity contribution in [2.75, 3.05) is 11.9 Å². The van der Waals surface area contributed by atoms with Crippen molar-refractivity contribution >= 4 is 23.5 Å². The molecule has 7 heteroatoms. The van der Waals surface area contributed by atoms with Gasteiger partial charge in [0.1, 0.15) is 17.9 Å². The van der Waals surface area contributed by atoms with Crippen molar-refractivity contribution in [3.63, 3.8) is 0 Å². The first kappa shape index (κ1) is 19.5. The highest BCUT2D eigenvalue weighted by molar-refractivity contribution is 6.10. The summed E-state index contributed by atoms with van der Waals surface area (Å²) < 4.78 is 13.2. The van der Waals surface area contributed by atoms with Gasteiger partial charge in [0.25, 0.3) is 5.91 Å². The lowest BCUT2D eigenvalue weighted by Crippen LogP contribution is -2.42. The van der Waals surface area contributed by atoms with Gasteiger partial charge in [-0.15, -0.1) is 0 Å². The van der Waals surface area contributed by atoms with Crippen LogP contribution in [-0.4, -0.2) is 29.3 Å². The lowest BCUT2D eigenvalue weighted by atomic mass is 9.92. The quantitative estimate of drug-likeness (QED) is 0.777. The molecule has 4 amide bonds. The van der Waals surface area contributed by atoms with Crippen molar-refractivity contribution in [1.29, 1.82) is 0 Å². The molecule has 146 valence electrons. The van der Waals surface area contributed by atoms with Gasteiger partial charge >= 0.3 is 6.03 Å². The number of hydrogen-bond donors (Lipinski definition) is 2. The fourth-order valence-electron chi connectivity index (χ4n) is 3.14. The van der Waals surface area contributed by atoms with Gasteiger partial charge in [0.05, 0.1) is 0 Å². The monoisotopic (exact) mass is 383 g/mol. The first-order valence-electron chi connectivity index (χ1n) is 9.00. The molecule has 0 radical (unpaired) electrons. The molecule has 3 rings (SSSR count). The number of carbonyl (C=O) groups is 3. The number of anilines is 1. The molecule has 0 bridgehead atoms. The molecule has 0 aliphatic carbocycles. The van der Waals surface area contributed by atoms with E-state index in [4.69, 9.17) is 0 Å². The minimum absolute atomic E-state index is 0.305. The fraction of sp³-hybridized carbons (Fsp3) is 0.286. The van der Waals surface area contributed by atoms with Crippen LogP contribution < -0.4 is 10.6 Å². The number of urea groups is 1. The Balaban J connectivity index is 1.73. The Kier molecular flexibility index (Phi) is 5.18. The molecule has 28 heavy (non-hydrogen) atoms. The van der Waals surface area contributed by atoms with Gasteiger partial charge in [0.15, 0.2) is 0 Å². The van der Waals surface area contributed by atoms with Crippen molar-refractivity contribution in [3.05, 3.63) is 65.5 Å². The highest BCUT2D eigenvalue weighted by atomic mass is 19.1. The Labute approximate surface area is 162 Å². The van der Waals surface area contributed by atoms with Crippen LogP contribution in [0.15, 0.2) is 48.5 Å². The average Bonchev–Trinajstić information content (AvgIpc) is 2.86. The minimum atomic E-state index is -1.34. The molecule has 1 unspecified atom stereocenters. The number of amides is 4. The number of rotatable bonds is 5. The number of carbonyl (C=O) groups excluding carboxylic acids is 3. The highest BCUT2D eigenvalue weighted by Crippen LogP contribution is 2.29. The number of imide groups is 1. The first-order valence-corrected chi connectivity index (χ1v) is 9.00. The summed E-state index contributed by atoms with van der Waals surface area (Å²) in [5.74, 6) is -1.17. The van der Waals surface area contributed by atoms with Crippen LogP contribution in [0.2, 0.25) is 0 Å². The maximum atomic E-state index is 13.2. The van der Waals surface area contributed by atoms with Crippen LogP contribution in [0.3, 0.4) is 0 Å². The van der Waals surface area contributed by atoms with Crippen LogP contribution in [0.25, 0.3) is 0 Å². The summed E-state index contributed by atoms with van der Waals surface area (Å²) in [5.41, 5.74) is 0.767. The number of benzene rings is 2. The summed E-state index contributed by atoms with van der Waals surface area (Å²) >= 11 is 0. The predicted octanol–water partition coefficient (Wildman–Crippen LogP) is 3.35. The minimum Gasteiger partial charge on any atom is -0.325 e. The lowest BCUT2D eigenvalue weighted by Gasteiger charge is -2.22. The third-order valence-corrected chi connectivity index (χ3v) is 4.84. The zero-order valence-electron chi connectivity index (χ0n) is 16.0. The van der Waals surface area contributed by atoms with Gasteiger partial charge in [-0.1, -0.05) is 38.1 Å². The smallest absolute Gasteiger partial charge is 0.325 e.